The summed E-state index contributed by atoms with van der Waals surface area (Å²) >= 11 is 0. The number of nitrogens with zero attached hydrogens (tertiary/aromatic N) is 1. The van der Waals surface area contributed by atoms with Crippen molar-refractivity contribution in [3.05, 3.63) is 12.2 Å². The lowest BCUT2D eigenvalue weighted by molar-refractivity contribution is -0.883. The highest BCUT2D eigenvalue weighted by Crippen LogP contribution is 2.51. The Kier molecular flexibility index (Phi) is 22.0. The van der Waals surface area contributed by atoms with Crippen LogP contribution in [0.3, 0.4) is 0 Å². The Labute approximate surface area is 214 Å². The van der Waals surface area contributed by atoms with Crippen LogP contribution in [-0.2, 0) is 9.09 Å². The van der Waals surface area contributed by atoms with Crippen molar-refractivity contribution in [2.24, 2.45) is 0 Å². The van der Waals surface area contributed by atoms with E-state index < -0.39 is 7.60 Å². The zero-order chi connectivity index (χ0) is 25.5. The third-order valence-electron chi connectivity index (χ3n) is 6.75. The molecule has 0 radical (unpaired) electrons. The van der Waals surface area contributed by atoms with Crippen LogP contribution < -0.4 is 0 Å². The van der Waals surface area contributed by atoms with Gasteiger partial charge in [0, 0.05) is 6.42 Å². The van der Waals surface area contributed by atoms with Gasteiger partial charge in [-0.05, 0) is 38.5 Å². The van der Waals surface area contributed by atoms with Gasteiger partial charge >= 0.3 is 7.60 Å². The summed E-state index contributed by atoms with van der Waals surface area (Å²) in [6, 6.07) is 0. The van der Waals surface area contributed by atoms with E-state index in [1.165, 1.54) is 89.9 Å². The number of hydrogen-bond acceptors (Lipinski definition) is 2. The fourth-order valence-electron chi connectivity index (χ4n) is 4.58. The van der Waals surface area contributed by atoms with E-state index in [1.54, 1.807) is 0 Å². The molecular weight excluding hydrogens is 441 g/mol. The molecule has 0 aliphatic carbocycles. The summed E-state index contributed by atoms with van der Waals surface area (Å²) in [4.78, 5) is 10.4. The van der Waals surface area contributed by atoms with Gasteiger partial charge < -0.3 is 13.9 Å². The number of allylic oxidation sites excluding steroid dienone is 2. The second-order valence-corrected chi connectivity index (χ2v) is 13.1. The fraction of sp³-hybridized carbons (Fsp3) is 0.931. The Morgan fingerprint density at radius 2 is 1.09 bits per heavy atom. The average molecular weight is 503 g/mol. The van der Waals surface area contributed by atoms with E-state index in [9.17, 15) is 9.46 Å². The van der Waals surface area contributed by atoms with Crippen LogP contribution in [0.4, 0.5) is 0 Å². The van der Waals surface area contributed by atoms with Gasteiger partial charge in [-0.15, -0.1) is 0 Å². The predicted molar refractivity (Wildman–Crippen MR) is 150 cm³/mol. The maximum absolute atomic E-state index is 12.7. The number of quaternary nitrogens is 1. The van der Waals surface area contributed by atoms with Crippen molar-refractivity contribution in [1.82, 2.24) is 0 Å². The molecule has 0 aromatic heterocycles. The molecule has 0 aliphatic rings. The minimum atomic E-state index is -3.57. The van der Waals surface area contributed by atoms with Gasteiger partial charge in [0.05, 0.1) is 27.7 Å². The van der Waals surface area contributed by atoms with E-state index in [1.807, 2.05) is 21.1 Å². The van der Waals surface area contributed by atoms with E-state index in [0.717, 1.165) is 32.1 Å². The minimum Gasteiger partial charge on any atom is -0.320 e. The topological polar surface area (TPSA) is 46.5 Å². The van der Waals surface area contributed by atoms with E-state index in [-0.39, 0.29) is 5.78 Å². The zero-order valence-corrected chi connectivity index (χ0v) is 24.6. The quantitative estimate of drug-likeness (QED) is 0.0585. The molecule has 0 aromatic rings. The van der Waals surface area contributed by atoms with Gasteiger partial charge in [-0.3, -0.25) is 4.57 Å². The standard InChI is InChI=1S/C29H60NO3P/c1-6-8-9-10-11-12-13-14-15-16-17-18-19-20-21-22-23-24-25-26-28-33-34(31,32)29(27-7-2)30(3,4)5/h20-21,29H,6-19,22-28H2,1-5H3/p+1/b21-20-. The molecule has 0 saturated carbocycles. The number of unbranched alkanes of at least 4 members (excludes halogenated alkanes) is 16. The molecule has 0 aromatic carbocycles. The fourth-order valence-corrected chi connectivity index (χ4v) is 6.61. The van der Waals surface area contributed by atoms with Gasteiger partial charge in [-0.25, -0.2) is 0 Å². The van der Waals surface area contributed by atoms with Crippen LogP contribution >= 0.6 is 7.60 Å². The Balaban J connectivity index is 3.51. The normalized spacial score (nSPS) is 15.1. The maximum Gasteiger partial charge on any atom is 0.385 e. The summed E-state index contributed by atoms with van der Waals surface area (Å²) in [5.74, 6) is -0.340. The summed E-state index contributed by atoms with van der Waals surface area (Å²) in [6.07, 6.45) is 29.9. The molecule has 0 fully saturated rings. The second-order valence-electron chi connectivity index (χ2n) is 11.1. The van der Waals surface area contributed by atoms with Crippen LogP contribution in [0.15, 0.2) is 12.2 Å². The highest BCUT2D eigenvalue weighted by atomic mass is 31.2. The molecule has 0 spiro atoms. The van der Waals surface area contributed by atoms with Crippen LogP contribution in [0.25, 0.3) is 0 Å². The van der Waals surface area contributed by atoms with Crippen molar-refractivity contribution in [1.29, 1.82) is 0 Å². The largest absolute Gasteiger partial charge is 0.385 e. The first-order valence-electron chi connectivity index (χ1n) is 14.7. The number of hydrogen-bond donors (Lipinski definition) is 1. The molecule has 2 atom stereocenters. The molecule has 4 nitrogen and oxygen atoms in total. The summed E-state index contributed by atoms with van der Waals surface area (Å²) in [7, 11) is 2.34. The van der Waals surface area contributed by atoms with E-state index in [4.69, 9.17) is 4.52 Å². The van der Waals surface area contributed by atoms with Gasteiger partial charge in [0.25, 0.3) is 0 Å². The Hall–Kier alpha value is -0.150. The summed E-state index contributed by atoms with van der Waals surface area (Å²) in [5, 5.41) is 0. The Morgan fingerprint density at radius 3 is 1.50 bits per heavy atom. The highest BCUT2D eigenvalue weighted by Gasteiger charge is 2.41. The molecule has 5 heteroatoms. The van der Waals surface area contributed by atoms with E-state index >= 15 is 0 Å². The molecular formula is C29H61NO3P+. The maximum atomic E-state index is 12.7. The SMILES string of the molecule is CCCCCCCCCCCCCC/C=C\CCCCCCOP(=O)(O)C(CCC)[N+](C)(C)C. The smallest absolute Gasteiger partial charge is 0.320 e. The Bertz CT molecular complexity index is 516. The molecule has 0 rings (SSSR count). The highest BCUT2D eigenvalue weighted by molar-refractivity contribution is 7.53. The van der Waals surface area contributed by atoms with Gasteiger partial charge in [0.1, 0.15) is 0 Å². The van der Waals surface area contributed by atoms with E-state index in [0.29, 0.717) is 17.5 Å². The van der Waals surface area contributed by atoms with Crippen LogP contribution in [0, 0.1) is 0 Å². The lowest BCUT2D eigenvalue weighted by Gasteiger charge is -2.35. The molecule has 204 valence electrons. The molecule has 0 heterocycles. The first kappa shape index (κ1) is 33.8. The van der Waals surface area contributed by atoms with Crippen molar-refractivity contribution in [3.63, 3.8) is 0 Å². The van der Waals surface area contributed by atoms with E-state index in [2.05, 4.69) is 26.0 Å². The van der Waals surface area contributed by atoms with Crippen LogP contribution in [0.2, 0.25) is 0 Å². The van der Waals surface area contributed by atoms with Gasteiger partial charge in [-0.1, -0.05) is 109 Å². The van der Waals surface area contributed by atoms with Crippen LogP contribution in [-0.4, -0.2) is 42.9 Å². The molecule has 2 unspecified atom stereocenters. The molecule has 0 amide bonds. The van der Waals surface area contributed by atoms with Crippen molar-refractivity contribution < 1.29 is 18.5 Å². The first-order chi connectivity index (χ1) is 16.3. The first-order valence-corrected chi connectivity index (χ1v) is 16.3. The Morgan fingerprint density at radius 1 is 0.676 bits per heavy atom. The van der Waals surface area contributed by atoms with Crippen LogP contribution in [0.1, 0.15) is 142 Å². The average Bonchev–Trinajstić information content (AvgIpc) is 2.77. The molecule has 1 N–H and O–H groups in total. The number of rotatable bonds is 25. The van der Waals surface area contributed by atoms with Crippen LogP contribution in [0.5, 0.6) is 0 Å². The predicted octanol–water partition coefficient (Wildman–Crippen LogP) is 9.62. The molecule has 0 bridgehead atoms. The summed E-state index contributed by atoms with van der Waals surface area (Å²) in [5.41, 5.74) is 0. The van der Waals surface area contributed by atoms with Gasteiger partial charge in [-0.2, -0.15) is 0 Å². The van der Waals surface area contributed by atoms with Crippen molar-refractivity contribution >= 4 is 7.60 Å². The minimum absolute atomic E-state index is 0.340. The molecule has 0 aliphatic heterocycles. The van der Waals surface area contributed by atoms with Gasteiger partial charge in [0.2, 0.25) is 0 Å². The van der Waals surface area contributed by atoms with Gasteiger partial charge in [0.15, 0.2) is 5.78 Å². The molecule has 34 heavy (non-hydrogen) atoms. The van der Waals surface area contributed by atoms with Crippen molar-refractivity contribution in [2.45, 2.75) is 148 Å². The monoisotopic (exact) mass is 502 g/mol. The summed E-state index contributed by atoms with van der Waals surface area (Å²) in [6.45, 7) is 4.73. The zero-order valence-electron chi connectivity index (χ0n) is 23.7. The molecule has 0 saturated heterocycles. The third-order valence-corrected chi connectivity index (χ3v) is 9.01. The van der Waals surface area contributed by atoms with Crippen molar-refractivity contribution in [3.8, 4) is 0 Å². The lowest BCUT2D eigenvalue weighted by atomic mass is 10.0. The van der Waals surface area contributed by atoms with Crippen molar-refractivity contribution in [2.75, 3.05) is 27.7 Å². The summed E-state index contributed by atoms with van der Waals surface area (Å²) < 4.78 is 18.6. The lowest BCUT2D eigenvalue weighted by Crippen LogP contribution is -2.45. The second kappa shape index (κ2) is 22.1. The third kappa shape index (κ3) is 20.1.